The third kappa shape index (κ3) is 4.42. The summed E-state index contributed by atoms with van der Waals surface area (Å²) in [6.45, 7) is 4.75. The molecule has 1 rings (SSSR count). The molecule has 0 spiro atoms. The first-order chi connectivity index (χ1) is 8.58. The van der Waals surface area contributed by atoms with Crippen LogP contribution < -0.4 is 10.6 Å². The summed E-state index contributed by atoms with van der Waals surface area (Å²) in [6, 6.07) is 5.45. The average Bonchev–Trinajstić information content (AvgIpc) is 2.32. The number of anilines is 1. The first kappa shape index (κ1) is 15.2. The maximum atomic E-state index is 12.2. The normalized spacial score (nSPS) is 12.0. The third-order valence-electron chi connectivity index (χ3n) is 2.39. The minimum Gasteiger partial charge on any atom is -0.385 e. The monoisotopic (exact) mass is 286 g/mol. The molecule has 0 radical (unpaired) electrons. The van der Waals surface area contributed by atoms with Gasteiger partial charge >= 0.3 is 0 Å². The fourth-order valence-corrected chi connectivity index (χ4v) is 2.40. The fourth-order valence-electron chi connectivity index (χ4n) is 1.64. The largest absolute Gasteiger partial charge is 0.385 e. The highest BCUT2D eigenvalue weighted by atomic mass is 35.5. The van der Waals surface area contributed by atoms with Crippen LogP contribution in [-0.4, -0.2) is 30.5 Å². The number of carbonyl (C=O) groups is 1. The molecule has 1 amide bonds. The molecule has 0 fully saturated rings. The van der Waals surface area contributed by atoms with E-state index in [-0.39, 0.29) is 11.9 Å². The van der Waals surface area contributed by atoms with Crippen LogP contribution in [0.3, 0.4) is 0 Å². The molecule has 0 aromatic heterocycles. The number of hydrogen-bond acceptors (Lipinski definition) is 3. The van der Waals surface area contributed by atoms with Gasteiger partial charge in [0.05, 0.1) is 5.56 Å². The van der Waals surface area contributed by atoms with E-state index in [1.54, 1.807) is 23.9 Å². The molecule has 0 heterocycles. The van der Waals surface area contributed by atoms with Crippen molar-refractivity contribution in [1.29, 1.82) is 0 Å². The van der Waals surface area contributed by atoms with Gasteiger partial charge in [0.1, 0.15) is 0 Å². The second-order valence-corrected chi connectivity index (χ2v) is 5.40. The summed E-state index contributed by atoms with van der Waals surface area (Å²) in [7, 11) is 0. The number of benzene rings is 1. The van der Waals surface area contributed by atoms with Crippen LogP contribution >= 0.6 is 23.4 Å². The van der Waals surface area contributed by atoms with Crippen molar-refractivity contribution in [3.8, 4) is 0 Å². The van der Waals surface area contributed by atoms with E-state index in [2.05, 4.69) is 10.6 Å². The van der Waals surface area contributed by atoms with Crippen LogP contribution in [0.5, 0.6) is 0 Å². The zero-order valence-corrected chi connectivity index (χ0v) is 12.5. The lowest BCUT2D eigenvalue weighted by atomic mass is 10.1. The number of nitrogens with one attached hydrogen (secondary N) is 2. The fraction of sp³-hybridized carbons (Fsp3) is 0.462. The molecule has 0 saturated heterocycles. The molecule has 0 bridgehead atoms. The van der Waals surface area contributed by atoms with Crippen LogP contribution in [0.2, 0.25) is 5.02 Å². The molecular weight excluding hydrogens is 268 g/mol. The summed E-state index contributed by atoms with van der Waals surface area (Å²) in [6.07, 6.45) is 2.02. The van der Waals surface area contributed by atoms with E-state index in [0.717, 1.165) is 18.0 Å². The molecular formula is C13H19ClN2OS. The van der Waals surface area contributed by atoms with Gasteiger partial charge in [-0.3, -0.25) is 4.79 Å². The third-order valence-corrected chi connectivity index (χ3v) is 3.46. The Labute approximate surface area is 118 Å². The predicted molar refractivity (Wildman–Crippen MR) is 80.9 cm³/mol. The van der Waals surface area contributed by atoms with Crippen molar-refractivity contribution in [1.82, 2.24) is 5.32 Å². The van der Waals surface area contributed by atoms with Gasteiger partial charge in [-0.15, -0.1) is 0 Å². The van der Waals surface area contributed by atoms with E-state index in [1.165, 1.54) is 0 Å². The lowest BCUT2D eigenvalue weighted by molar-refractivity contribution is 0.0944. The molecule has 0 aliphatic rings. The maximum absolute atomic E-state index is 12.2. The Bertz CT molecular complexity index is 412. The minimum atomic E-state index is -0.0880. The summed E-state index contributed by atoms with van der Waals surface area (Å²) in [5, 5.41) is 6.70. The van der Waals surface area contributed by atoms with Gasteiger partial charge < -0.3 is 10.6 Å². The maximum Gasteiger partial charge on any atom is 0.253 e. The van der Waals surface area contributed by atoms with Crippen molar-refractivity contribution in [2.45, 2.75) is 19.9 Å². The minimum absolute atomic E-state index is 0.0880. The van der Waals surface area contributed by atoms with Gasteiger partial charge in [-0.05, 0) is 38.3 Å². The molecule has 1 unspecified atom stereocenters. The van der Waals surface area contributed by atoms with E-state index in [4.69, 9.17) is 11.6 Å². The van der Waals surface area contributed by atoms with Gasteiger partial charge in [-0.25, -0.2) is 0 Å². The smallest absolute Gasteiger partial charge is 0.253 e. The van der Waals surface area contributed by atoms with Crippen molar-refractivity contribution in [3.05, 3.63) is 28.8 Å². The Morgan fingerprint density at radius 1 is 1.50 bits per heavy atom. The molecule has 0 aliphatic carbocycles. The molecule has 3 nitrogen and oxygen atoms in total. The van der Waals surface area contributed by atoms with Gasteiger partial charge in [0, 0.05) is 29.0 Å². The van der Waals surface area contributed by atoms with Crippen molar-refractivity contribution in [2.24, 2.45) is 0 Å². The molecule has 0 saturated carbocycles. The highest BCUT2D eigenvalue weighted by Crippen LogP contribution is 2.20. The molecule has 18 heavy (non-hydrogen) atoms. The van der Waals surface area contributed by atoms with Crippen LogP contribution in [0.25, 0.3) is 0 Å². The summed E-state index contributed by atoms with van der Waals surface area (Å²) in [5.41, 5.74) is 1.41. The average molecular weight is 287 g/mol. The molecule has 100 valence electrons. The van der Waals surface area contributed by atoms with Crippen LogP contribution in [0, 0.1) is 0 Å². The van der Waals surface area contributed by atoms with E-state index in [1.807, 2.05) is 26.2 Å². The Morgan fingerprint density at radius 2 is 2.22 bits per heavy atom. The number of carbonyl (C=O) groups excluding carboxylic acids is 1. The van der Waals surface area contributed by atoms with Crippen molar-refractivity contribution < 1.29 is 4.79 Å². The quantitative estimate of drug-likeness (QED) is 0.843. The summed E-state index contributed by atoms with van der Waals surface area (Å²) >= 11 is 7.65. The number of thioether (sulfide) groups is 1. The molecule has 1 aromatic rings. The summed E-state index contributed by atoms with van der Waals surface area (Å²) < 4.78 is 0. The number of rotatable bonds is 6. The molecule has 1 aromatic carbocycles. The zero-order valence-electron chi connectivity index (χ0n) is 10.9. The molecule has 1 atom stereocenters. The van der Waals surface area contributed by atoms with Gasteiger partial charge in [0.2, 0.25) is 0 Å². The predicted octanol–water partition coefficient (Wildman–Crippen LogP) is 3.25. The Hall–Kier alpha value is -0.870. The Kier molecular flexibility index (Phi) is 6.36. The van der Waals surface area contributed by atoms with Gasteiger partial charge in [-0.2, -0.15) is 11.8 Å². The van der Waals surface area contributed by atoms with E-state index >= 15 is 0 Å². The molecule has 5 heteroatoms. The lowest BCUT2D eigenvalue weighted by Crippen LogP contribution is -2.34. The zero-order chi connectivity index (χ0) is 13.5. The van der Waals surface area contributed by atoms with E-state index < -0.39 is 0 Å². The van der Waals surface area contributed by atoms with Crippen molar-refractivity contribution in [2.75, 3.05) is 23.9 Å². The molecule has 2 N–H and O–H groups in total. The number of amides is 1. The van der Waals surface area contributed by atoms with Crippen LogP contribution in [0.4, 0.5) is 5.69 Å². The summed E-state index contributed by atoms with van der Waals surface area (Å²) in [4.78, 5) is 12.2. The van der Waals surface area contributed by atoms with E-state index in [9.17, 15) is 4.79 Å². The van der Waals surface area contributed by atoms with Crippen molar-refractivity contribution in [3.63, 3.8) is 0 Å². The summed E-state index contributed by atoms with van der Waals surface area (Å²) in [5.74, 6) is 0.804. The standard InChI is InChI=1S/C13H19ClN2OS/c1-4-15-12-6-5-10(14)7-11(12)13(17)16-9(2)8-18-3/h5-7,9,15H,4,8H2,1-3H3,(H,16,17). The van der Waals surface area contributed by atoms with Gasteiger partial charge in [0.15, 0.2) is 0 Å². The highest BCUT2D eigenvalue weighted by Gasteiger charge is 2.13. The van der Waals surface area contributed by atoms with E-state index in [0.29, 0.717) is 10.6 Å². The topological polar surface area (TPSA) is 41.1 Å². The number of halogens is 1. The van der Waals surface area contributed by atoms with Crippen LogP contribution in [0.15, 0.2) is 18.2 Å². The highest BCUT2D eigenvalue weighted by molar-refractivity contribution is 7.98. The van der Waals surface area contributed by atoms with Crippen LogP contribution in [-0.2, 0) is 0 Å². The van der Waals surface area contributed by atoms with Gasteiger partial charge in [-0.1, -0.05) is 11.6 Å². The first-order valence-electron chi connectivity index (χ1n) is 5.91. The Balaban J connectivity index is 2.85. The van der Waals surface area contributed by atoms with Crippen LogP contribution in [0.1, 0.15) is 24.2 Å². The lowest BCUT2D eigenvalue weighted by Gasteiger charge is -2.15. The first-order valence-corrected chi connectivity index (χ1v) is 7.68. The molecule has 0 aliphatic heterocycles. The van der Waals surface area contributed by atoms with Gasteiger partial charge in [0.25, 0.3) is 5.91 Å². The van der Waals surface area contributed by atoms with Crippen molar-refractivity contribution >= 4 is 35.0 Å². The number of hydrogen-bond donors (Lipinski definition) is 2. The second-order valence-electron chi connectivity index (χ2n) is 4.05. The SMILES string of the molecule is CCNc1ccc(Cl)cc1C(=O)NC(C)CSC. The second kappa shape index (κ2) is 7.54. The Morgan fingerprint density at radius 3 is 2.83 bits per heavy atom.